The van der Waals surface area contributed by atoms with Crippen LogP contribution in [0.4, 0.5) is 0 Å². The molecule has 0 amide bonds. The number of hydrogen-bond donors (Lipinski definition) is 0. The maximum atomic E-state index is 11.2. The summed E-state index contributed by atoms with van der Waals surface area (Å²) in [6.07, 6.45) is 0. The number of carbonyl (C=O) groups is 1. The third kappa shape index (κ3) is 2.56. The monoisotopic (exact) mass is 242 g/mol. The maximum absolute atomic E-state index is 11.2. The summed E-state index contributed by atoms with van der Waals surface area (Å²) in [5.41, 5.74) is 1.66. The average Bonchev–Trinajstić information content (AvgIpc) is 2.17. The van der Waals surface area contributed by atoms with E-state index in [0.29, 0.717) is 5.56 Å². The summed E-state index contributed by atoms with van der Waals surface area (Å²) in [4.78, 5) is 11.4. The molecule has 0 saturated carbocycles. The van der Waals surface area contributed by atoms with E-state index in [9.17, 15) is 4.79 Å². The van der Waals surface area contributed by atoms with Gasteiger partial charge in [-0.15, -0.1) is 0 Å². The van der Waals surface area contributed by atoms with Crippen molar-refractivity contribution in [1.82, 2.24) is 0 Å². The van der Waals surface area contributed by atoms with Crippen LogP contribution in [-0.4, -0.2) is 13.1 Å². The number of alkyl halides is 1. The van der Waals surface area contributed by atoms with Gasteiger partial charge in [-0.2, -0.15) is 0 Å². The first-order valence-electron chi connectivity index (χ1n) is 3.97. The predicted molar refractivity (Wildman–Crippen MR) is 55.1 cm³/mol. The first-order chi connectivity index (χ1) is 6.15. The molecule has 0 spiro atoms. The second kappa shape index (κ2) is 4.42. The van der Waals surface area contributed by atoms with Crippen LogP contribution in [0.5, 0.6) is 0 Å². The fourth-order valence-corrected chi connectivity index (χ4v) is 1.32. The van der Waals surface area contributed by atoms with Crippen LogP contribution in [0.25, 0.3) is 0 Å². The standard InChI is InChI=1S/C10H11BrO2/c1-7(11)8-4-3-5-9(6-8)10(12)13-2/h3-7H,1-2H3. The molecule has 0 saturated heterocycles. The lowest BCUT2D eigenvalue weighted by molar-refractivity contribution is 0.0600. The number of hydrogen-bond acceptors (Lipinski definition) is 2. The molecule has 0 heterocycles. The molecule has 2 nitrogen and oxygen atoms in total. The topological polar surface area (TPSA) is 26.3 Å². The Hall–Kier alpha value is -0.830. The largest absolute Gasteiger partial charge is 0.465 e. The molecule has 0 aliphatic heterocycles. The van der Waals surface area contributed by atoms with Crippen molar-refractivity contribution in [2.24, 2.45) is 0 Å². The highest BCUT2D eigenvalue weighted by atomic mass is 79.9. The Morgan fingerprint density at radius 2 is 2.23 bits per heavy atom. The van der Waals surface area contributed by atoms with Crippen molar-refractivity contribution in [2.75, 3.05) is 7.11 Å². The summed E-state index contributed by atoms with van der Waals surface area (Å²) < 4.78 is 4.62. The minimum atomic E-state index is -0.296. The van der Waals surface area contributed by atoms with Crippen LogP contribution in [-0.2, 0) is 4.74 Å². The lowest BCUT2D eigenvalue weighted by atomic mass is 10.1. The zero-order valence-corrected chi connectivity index (χ0v) is 9.17. The van der Waals surface area contributed by atoms with E-state index >= 15 is 0 Å². The first kappa shape index (κ1) is 10.3. The minimum absolute atomic E-state index is 0.247. The summed E-state index contributed by atoms with van der Waals surface area (Å²) >= 11 is 3.44. The van der Waals surface area contributed by atoms with Crippen molar-refractivity contribution in [2.45, 2.75) is 11.8 Å². The number of benzene rings is 1. The van der Waals surface area contributed by atoms with Gasteiger partial charge in [0.2, 0.25) is 0 Å². The molecule has 0 bridgehead atoms. The van der Waals surface area contributed by atoms with Crippen LogP contribution in [0.3, 0.4) is 0 Å². The molecule has 0 radical (unpaired) electrons. The Kier molecular flexibility index (Phi) is 3.48. The van der Waals surface area contributed by atoms with Gasteiger partial charge in [-0.1, -0.05) is 28.1 Å². The molecule has 0 aliphatic rings. The number of esters is 1. The normalized spacial score (nSPS) is 12.2. The molecule has 1 aromatic rings. The molecule has 0 aliphatic carbocycles. The average molecular weight is 243 g/mol. The highest BCUT2D eigenvalue weighted by molar-refractivity contribution is 9.09. The van der Waals surface area contributed by atoms with E-state index in [-0.39, 0.29) is 10.8 Å². The zero-order valence-electron chi connectivity index (χ0n) is 7.58. The van der Waals surface area contributed by atoms with Crippen molar-refractivity contribution >= 4 is 21.9 Å². The number of methoxy groups -OCH3 is 1. The van der Waals surface area contributed by atoms with Crippen LogP contribution in [0.15, 0.2) is 24.3 Å². The van der Waals surface area contributed by atoms with Crippen molar-refractivity contribution in [3.05, 3.63) is 35.4 Å². The van der Waals surface area contributed by atoms with Gasteiger partial charge in [-0.25, -0.2) is 4.79 Å². The SMILES string of the molecule is COC(=O)c1cccc(C(C)Br)c1. The second-order valence-corrected chi connectivity index (χ2v) is 4.11. The van der Waals surface area contributed by atoms with Crippen molar-refractivity contribution in [3.63, 3.8) is 0 Å². The van der Waals surface area contributed by atoms with Crippen LogP contribution >= 0.6 is 15.9 Å². The van der Waals surface area contributed by atoms with E-state index < -0.39 is 0 Å². The highest BCUT2D eigenvalue weighted by Crippen LogP contribution is 2.22. The van der Waals surface area contributed by atoms with Crippen LogP contribution in [0, 0.1) is 0 Å². The first-order valence-corrected chi connectivity index (χ1v) is 4.89. The summed E-state index contributed by atoms with van der Waals surface area (Å²) in [5, 5.41) is 0. The summed E-state index contributed by atoms with van der Waals surface area (Å²) in [6.45, 7) is 2.01. The number of halogens is 1. The van der Waals surface area contributed by atoms with Crippen LogP contribution in [0.2, 0.25) is 0 Å². The van der Waals surface area contributed by atoms with E-state index in [0.717, 1.165) is 5.56 Å². The molecule has 1 rings (SSSR count). The van der Waals surface area contributed by atoms with Gasteiger partial charge in [0.05, 0.1) is 12.7 Å². The molecule has 0 fully saturated rings. The fraction of sp³-hybridized carbons (Fsp3) is 0.300. The lowest BCUT2D eigenvalue weighted by Gasteiger charge is -2.05. The van der Waals surface area contributed by atoms with Crippen molar-refractivity contribution in [3.8, 4) is 0 Å². The van der Waals surface area contributed by atoms with Crippen LogP contribution in [0.1, 0.15) is 27.7 Å². The summed E-state index contributed by atoms with van der Waals surface area (Å²) in [5.74, 6) is -0.296. The van der Waals surface area contributed by atoms with Gasteiger partial charge in [0.1, 0.15) is 0 Å². The minimum Gasteiger partial charge on any atom is -0.465 e. The van der Waals surface area contributed by atoms with E-state index in [1.54, 1.807) is 6.07 Å². The molecule has 13 heavy (non-hydrogen) atoms. The number of ether oxygens (including phenoxy) is 1. The van der Waals surface area contributed by atoms with E-state index in [1.807, 2.05) is 25.1 Å². The molecule has 1 atom stereocenters. The highest BCUT2D eigenvalue weighted by Gasteiger charge is 2.07. The molecule has 1 unspecified atom stereocenters. The Labute approximate surface area is 86.0 Å². The number of rotatable bonds is 2. The Bertz CT molecular complexity index is 308. The van der Waals surface area contributed by atoms with Gasteiger partial charge in [-0.05, 0) is 24.6 Å². The van der Waals surface area contributed by atoms with Gasteiger partial charge in [0.25, 0.3) is 0 Å². The van der Waals surface area contributed by atoms with E-state index in [4.69, 9.17) is 0 Å². The molecule has 70 valence electrons. The quantitative estimate of drug-likeness (QED) is 0.589. The predicted octanol–water partition coefficient (Wildman–Crippen LogP) is 2.93. The maximum Gasteiger partial charge on any atom is 0.337 e. The number of carbonyl (C=O) groups excluding carboxylic acids is 1. The van der Waals surface area contributed by atoms with Crippen molar-refractivity contribution < 1.29 is 9.53 Å². The third-order valence-corrected chi connectivity index (χ3v) is 2.30. The van der Waals surface area contributed by atoms with E-state index in [2.05, 4.69) is 20.7 Å². The summed E-state index contributed by atoms with van der Waals surface area (Å²) in [7, 11) is 1.38. The lowest BCUT2D eigenvalue weighted by Crippen LogP contribution is -2.01. The van der Waals surface area contributed by atoms with Gasteiger partial charge >= 0.3 is 5.97 Å². The third-order valence-electron chi connectivity index (χ3n) is 1.77. The Balaban J connectivity index is 2.98. The Morgan fingerprint density at radius 1 is 1.54 bits per heavy atom. The van der Waals surface area contributed by atoms with Gasteiger partial charge < -0.3 is 4.74 Å². The second-order valence-electron chi connectivity index (χ2n) is 2.73. The van der Waals surface area contributed by atoms with Crippen molar-refractivity contribution in [1.29, 1.82) is 0 Å². The smallest absolute Gasteiger partial charge is 0.337 e. The van der Waals surface area contributed by atoms with E-state index in [1.165, 1.54) is 7.11 Å². The zero-order chi connectivity index (χ0) is 9.84. The van der Waals surface area contributed by atoms with Gasteiger partial charge in [0, 0.05) is 4.83 Å². The molecule has 1 aromatic carbocycles. The summed E-state index contributed by atoms with van der Waals surface area (Å²) in [6, 6.07) is 7.38. The fourth-order valence-electron chi connectivity index (χ4n) is 1.03. The molecule has 0 N–H and O–H groups in total. The Morgan fingerprint density at radius 3 is 2.77 bits per heavy atom. The molecular formula is C10H11BrO2. The van der Waals surface area contributed by atoms with Gasteiger partial charge in [-0.3, -0.25) is 0 Å². The molecular weight excluding hydrogens is 232 g/mol. The molecule has 3 heteroatoms. The molecule has 0 aromatic heterocycles. The van der Waals surface area contributed by atoms with Gasteiger partial charge in [0.15, 0.2) is 0 Å². The van der Waals surface area contributed by atoms with Crippen LogP contribution < -0.4 is 0 Å².